The first kappa shape index (κ1) is 30.2. The van der Waals surface area contributed by atoms with Crippen LogP contribution in [0.4, 0.5) is 13.2 Å². The van der Waals surface area contributed by atoms with Crippen molar-refractivity contribution in [1.29, 1.82) is 0 Å². The van der Waals surface area contributed by atoms with Crippen molar-refractivity contribution in [2.75, 3.05) is 20.1 Å². The Morgan fingerprint density at radius 2 is 1.89 bits per heavy atom. The zero-order valence-corrected chi connectivity index (χ0v) is 24.6. The third-order valence-electron chi connectivity index (χ3n) is 10.0. The van der Waals surface area contributed by atoms with Crippen LogP contribution >= 0.6 is 0 Å². The smallest absolute Gasteiger partial charge is 0.508 e. The van der Waals surface area contributed by atoms with Gasteiger partial charge in [0.2, 0.25) is 5.91 Å². The topological polar surface area (TPSA) is 73.2 Å². The molecule has 2 bridgehead atoms. The number of nitrogens with zero attached hydrogens (tertiary/aromatic N) is 2. The van der Waals surface area contributed by atoms with Crippen LogP contribution in [0.25, 0.3) is 6.08 Å². The molecular formula is C35H37F3N2O4. The number of piperidine rings is 1. The highest BCUT2D eigenvalue weighted by Gasteiger charge is 2.64. The molecule has 1 aliphatic heterocycles. The summed E-state index contributed by atoms with van der Waals surface area (Å²) in [7, 11) is 1.74. The van der Waals surface area contributed by atoms with E-state index >= 15 is 0 Å². The minimum absolute atomic E-state index is 0.0787. The summed E-state index contributed by atoms with van der Waals surface area (Å²) in [6.45, 7) is 1.64. The zero-order chi connectivity index (χ0) is 31.1. The number of likely N-dealkylation sites (tertiary alicyclic amines) is 1. The van der Waals surface area contributed by atoms with Gasteiger partial charge in [0.15, 0.2) is 0 Å². The summed E-state index contributed by atoms with van der Waals surface area (Å²) in [6, 6.07) is 21.1. The lowest BCUT2D eigenvalue weighted by Gasteiger charge is -2.65. The molecule has 6 rings (SSSR count). The summed E-state index contributed by atoms with van der Waals surface area (Å²) in [4.78, 5) is 17.4. The molecule has 3 aliphatic rings. The molecule has 1 saturated carbocycles. The number of halogens is 3. The molecule has 0 aromatic heterocycles. The summed E-state index contributed by atoms with van der Waals surface area (Å²) in [5.41, 5.74) is 2.12. The maximum Gasteiger partial charge on any atom is 0.573 e. The Labute approximate surface area is 255 Å². The average Bonchev–Trinajstić information content (AvgIpc) is 2.99. The number of amides is 1. The van der Waals surface area contributed by atoms with Crippen molar-refractivity contribution in [3.63, 3.8) is 0 Å². The second-order valence-electron chi connectivity index (χ2n) is 12.4. The fourth-order valence-corrected chi connectivity index (χ4v) is 7.87. The largest absolute Gasteiger partial charge is 0.573 e. The highest BCUT2D eigenvalue weighted by molar-refractivity contribution is 5.91. The number of carbonyl (C=O) groups excluding carboxylic acids is 1. The molecule has 1 amide bonds. The lowest BCUT2D eigenvalue weighted by atomic mass is 9.48. The van der Waals surface area contributed by atoms with Gasteiger partial charge in [0.05, 0.1) is 5.60 Å². The van der Waals surface area contributed by atoms with Crippen LogP contribution in [0.1, 0.15) is 47.9 Å². The summed E-state index contributed by atoms with van der Waals surface area (Å²) < 4.78 is 41.9. The van der Waals surface area contributed by atoms with Crippen LogP contribution in [0, 0.1) is 0 Å². The van der Waals surface area contributed by atoms with Gasteiger partial charge in [0, 0.05) is 37.2 Å². The third-order valence-corrected chi connectivity index (χ3v) is 10.0. The quantitative estimate of drug-likeness (QED) is 0.330. The standard InChI is InChI=1S/C35H37F3N2O4/c1-39(32(42)13-10-25-8-5-9-29(20-25)44-35(36,37)38)27-14-16-34(43)31-21-26-11-12-28(41)22-30(26)33(34,23-27)17-19-40(31)18-15-24-6-3-2-4-7-24/h2-13,20,22,27,31,41,43H,14-19,21,23H2,1H3/t27-,31-,33-,34-/m1/s1. The van der Waals surface area contributed by atoms with Crippen LogP contribution in [-0.4, -0.2) is 70.1 Å². The Morgan fingerprint density at radius 1 is 1.09 bits per heavy atom. The number of carbonyl (C=O) groups is 1. The number of aromatic hydroxyl groups is 1. The molecule has 6 nitrogen and oxygen atoms in total. The number of aliphatic hydroxyl groups is 1. The molecule has 1 heterocycles. The maximum atomic E-state index is 13.3. The van der Waals surface area contributed by atoms with Crippen LogP contribution in [0.15, 0.2) is 78.9 Å². The molecule has 232 valence electrons. The van der Waals surface area contributed by atoms with Gasteiger partial charge < -0.3 is 19.8 Å². The van der Waals surface area contributed by atoms with Crippen LogP contribution in [0.5, 0.6) is 11.5 Å². The van der Waals surface area contributed by atoms with Crippen molar-refractivity contribution in [3.8, 4) is 11.5 Å². The van der Waals surface area contributed by atoms with Gasteiger partial charge in [-0.25, -0.2) is 0 Å². The predicted molar refractivity (Wildman–Crippen MR) is 161 cm³/mol. The Hall–Kier alpha value is -3.82. The second-order valence-corrected chi connectivity index (χ2v) is 12.4. The van der Waals surface area contributed by atoms with E-state index in [0.717, 1.165) is 30.6 Å². The van der Waals surface area contributed by atoms with Gasteiger partial charge in [0.25, 0.3) is 0 Å². The van der Waals surface area contributed by atoms with E-state index in [1.807, 2.05) is 24.3 Å². The molecule has 44 heavy (non-hydrogen) atoms. The first-order chi connectivity index (χ1) is 21.0. The van der Waals surface area contributed by atoms with Crippen molar-refractivity contribution < 1.29 is 32.9 Å². The predicted octanol–water partition coefficient (Wildman–Crippen LogP) is 5.86. The van der Waals surface area contributed by atoms with E-state index in [-0.39, 0.29) is 29.5 Å². The summed E-state index contributed by atoms with van der Waals surface area (Å²) in [6.07, 6.45) is 2.00. The number of hydrogen-bond donors (Lipinski definition) is 2. The number of phenols is 1. The van der Waals surface area contributed by atoms with Crippen molar-refractivity contribution in [2.24, 2.45) is 0 Å². The Kier molecular flexibility index (Phi) is 7.96. The van der Waals surface area contributed by atoms with Gasteiger partial charge in [0.1, 0.15) is 11.5 Å². The van der Waals surface area contributed by atoms with E-state index in [1.54, 1.807) is 30.1 Å². The van der Waals surface area contributed by atoms with Gasteiger partial charge in [-0.05, 0) is 97.7 Å². The number of ether oxygens (including phenoxy) is 1. The lowest BCUT2D eigenvalue weighted by molar-refractivity contribution is -0.274. The minimum Gasteiger partial charge on any atom is -0.508 e. The van der Waals surface area contributed by atoms with E-state index in [9.17, 15) is 28.2 Å². The van der Waals surface area contributed by atoms with Gasteiger partial charge in [-0.3, -0.25) is 9.69 Å². The Morgan fingerprint density at radius 3 is 2.66 bits per heavy atom. The molecule has 2 fully saturated rings. The SMILES string of the molecule is CN(C(=O)C=Cc1cccc(OC(F)(F)F)c1)[C@@H]1CC[C@@]2(O)[C@H]3Cc4ccc(O)cc4[C@@]2(CCN3CCc2ccccc2)C1. The van der Waals surface area contributed by atoms with Gasteiger partial charge >= 0.3 is 6.36 Å². The molecule has 9 heteroatoms. The molecule has 2 N–H and O–H groups in total. The fraction of sp³-hybridized carbons (Fsp3) is 0.400. The van der Waals surface area contributed by atoms with Crippen molar-refractivity contribution in [1.82, 2.24) is 9.80 Å². The summed E-state index contributed by atoms with van der Waals surface area (Å²) in [5, 5.41) is 23.1. The van der Waals surface area contributed by atoms with Crippen molar-refractivity contribution in [2.45, 2.75) is 68.0 Å². The van der Waals surface area contributed by atoms with Crippen LogP contribution in [-0.2, 0) is 23.1 Å². The first-order valence-corrected chi connectivity index (χ1v) is 15.1. The highest BCUT2D eigenvalue weighted by Crippen LogP contribution is 2.59. The average molecular weight is 607 g/mol. The molecule has 0 spiro atoms. The van der Waals surface area contributed by atoms with Gasteiger partial charge in [-0.1, -0.05) is 48.5 Å². The highest BCUT2D eigenvalue weighted by atomic mass is 19.4. The van der Waals surface area contributed by atoms with Crippen LogP contribution in [0.3, 0.4) is 0 Å². The molecule has 2 aliphatic carbocycles. The number of alkyl halides is 3. The van der Waals surface area contributed by atoms with E-state index in [0.29, 0.717) is 37.7 Å². The molecular weight excluding hydrogens is 569 g/mol. The van der Waals surface area contributed by atoms with Gasteiger partial charge in [-0.2, -0.15) is 0 Å². The normalized spacial score (nSPS) is 26.6. The number of phenolic OH excluding ortho intramolecular Hbond substituents is 1. The number of benzene rings is 3. The van der Waals surface area contributed by atoms with E-state index in [1.165, 1.54) is 35.9 Å². The number of rotatable bonds is 7. The third kappa shape index (κ3) is 5.71. The van der Waals surface area contributed by atoms with E-state index < -0.39 is 17.4 Å². The molecule has 0 unspecified atom stereocenters. The van der Waals surface area contributed by atoms with Gasteiger partial charge in [-0.15, -0.1) is 13.2 Å². The summed E-state index contributed by atoms with van der Waals surface area (Å²) in [5.74, 6) is -0.463. The maximum absolute atomic E-state index is 13.3. The lowest BCUT2D eigenvalue weighted by Crippen LogP contribution is -2.74. The van der Waals surface area contributed by atoms with Crippen molar-refractivity contribution >= 4 is 12.0 Å². The second kappa shape index (κ2) is 11.6. The monoisotopic (exact) mass is 606 g/mol. The summed E-state index contributed by atoms with van der Waals surface area (Å²) >= 11 is 0. The van der Waals surface area contributed by atoms with Crippen LogP contribution in [0.2, 0.25) is 0 Å². The Bertz CT molecular complexity index is 1540. The fourth-order valence-electron chi connectivity index (χ4n) is 7.87. The van der Waals surface area contributed by atoms with Crippen LogP contribution < -0.4 is 4.74 Å². The van der Waals surface area contributed by atoms with E-state index in [2.05, 4.69) is 21.8 Å². The molecule has 1 saturated heterocycles. The first-order valence-electron chi connectivity index (χ1n) is 15.1. The molecule has 3 aromatic carbocycles. The van der Waals surface area contributed by atoms with Crippen molar-refractivity contribution in [3.05, 3.63) is 101 Å². The molecule has 3 aromatic rings. The number of hydrogen-bond acceptors (Lipinski definition) is 5. The Balaban J connectivity index is 1.23. The zero-order valence-electron chi connectivity index (χ0n) is 24.6. The molecule has 4 atom stereocenters. The molecule has 0 radical (unpaired) electrons. The minimum atomic E-state index is -4.80. The number of fused-ring (bicyclic) bond motifs is 1. The van der Waals surface area contributed by atoms with E-state index in [4.69, 9.17) is 0 Å². The number of likely N-dealkylation sites (N-methyl/N-ethyl adjacent to an activating group) is 1.